The average Bonchev–Trinajstić information content (AvgIpc) is 2.69. The topological polar surface area (TPSA) is 50.4 Å². The highest BCUT2D eigenvalue weighted by atomic mass is 16.5. The standard InChI is InChI=1S/C23H24N2O2/c1-16-12-13-20(14-17(16)2)24-22(18-8-5-4-6-9-18)23(26)25-19-10-7-11-21(15-19)27-3/h4-15,22,24H,1-3H3,(H,25,26)/t22-/m0/s1. The minimum Gasteiger partial charge on any atom is -0.497 e. The molecule has 1 amide bonds. The molecule has 3 aromatic carbocycles. The molecule has 0 spiro atoms. The number of carbonyl (C=O) groups excluding carboxylic acids is 1. The Morgan fingerprint density at radius 1 is 0.852 bits per heavy atom. The van der Waals surface area contributed by atoms with Gasteiger partial charge in [-0.25, -0.2) is 0 Å². The summed E-state index contributed by atoms with van der Waals surface area (Å²) in [5, 5.41) is 6.35. The number of hydrogen-bond acceptors (Lipinski definition) is 3. The zero-order valence-electron chi connectivity index (χ0n) is 15.8. The third-order valence-electron chi connectivity index (χ3n) is 4.55. The molecule has 0 bridgehead atoms. The molecule has 0 saturated heterocycles. The molecule has 1 atom stereocenters. The van der Waals surface area contributed by atoms with E-state index in [1.165, 1.54) is 11.1 Å². The van der Waals surface area contributed by atoms with Gasteiger partial charge in [-0.15, -0.1) is 0 Å². The number of benzene rings is 3. The normalized spacial score (nSPS) is 11.5. The molecule has 4 heteroatoms. The number of amides is 1. The summed E-state index contributed by atoms with van der Waals surface area (Å²) >= 11 is 0. The van der Waals surface area contributed by atoms with Gasteiger partial charge >= 0.3 is 0 Å². The van der Waals surface area contributed by atoms with Gasteiger partial charge in [-0.1, -0.05) is 42.5 Å². The summed E-state index contributed by atoms with van der Waals surface area (Å²) in [6.07, 6.45) is 0. The van der Waals surface area contributed by atoms with Crippen molar-refractivity contribution in [2.24, 2.45) is 0 Å². The number of aryl methyl sites for hydroxylation is 2. The van der Waals surface area contributed by atoms with Crippen LogP contribution in [0.25, 0.3) is 0 Å². The Morgan fingerprint density at radius 2 is 1.63 bits per heavy atom. The van der Waals surface area contributed by atoms with Crippen molar-refractivity contribution in [2.45, 2.75) is 19.9 Å². The number of methoxy groups -OCH3 is 1. The van der Waals surface area contributed by atoms with Gasteiger partial charge in [0.15, 0.2) is 0 Å². The molecule has 0 radical (unpaired) electrons. The van der Waals surface area contributed by atoms with Crippen molar-refractivity contribution >= 4 is 17.3 Å². The summed E-state index contributed by atoms with van der Waals surface area (Å²) < 4.78 is 5.23. The first-order chi connectivity index (χ1) is 13.1. The van der Waals surface area contributed by atoms with Gasteiger partial charge in [0.05, 0.1) is 7.11 Å². The van der Waals surface area contributed by atoms with Crippen molar-refractivity contribution in [3.05, 3.63) is 89.5 Å². The van der Waals surface area contributed by atoms with E-state index in [-0.39, 0.29) is 5.91 Å². The van der Waals surface area contributed by atoms with E-state index >= 15 is 0 Å². The average molecular weight is 360 g/mol. The molecule has 0 aliphatic rings. The fraction of sp³-hybridized carbons (Fsp3) is 0.174. The molecule has 4 nitrogen and oxygen atoms in total. The molecule has 2 N–H and O–H groups in total. The van der Waals surface area contributed by atoms with Crippen LogP contribution in [0.5, 0.6) is 5.75 Å². The van der Waals surface area contributed by atoms with Gasteiger partial charge in [-0.05, 0) is 54.8 Å². The lowest BCUT2D eigenvalue weighted by Crippen LogP contribution is -2.27. The molecule has 27 heavy (non-hydrogen) atoms. The Hall–Kier alpha value is -3.27. The van der Waals surface area contributed by atoms with E-state index < -0.39 is 6.04 Å². The maximum atomic E-state index is 13.1. The Labute approximate surface area is 160 Å². The fourth-order valence-corrected chi connectivity index (χ4v) is 2.86. The largest absolute Gasteiger partial charge is 0.497 e. The van der Waals surface area contributed by atoms with Crippen LogP contribution in [-0.2, 0) is 4.79 Å². The van der Waals surface area contributed by atoms with Crippen molar-refractivity contribution in [2.75, 3.05) is 17.7 Å². The van der Waals surface area contributed by atoms with Crippen molar-refractivity contribution in [1.82, 2.24) is 0 Å². The highest BCUT2D eigenvalue weighted by Crippen LogP contribution is 2.24. The van der Waals surface area contributed by atoms with Crippen LogP contribution in [0.4, 0.5) is 11.4 Å². The molecule has 0 unspecified atom stereocenters. The smallest absolute Gasteiger partial charge is 0.251 e. The summed E-state index contributed by atoms with van der Waals surface area (Å²) in [4.78, 5) is 13.1. The van der Waals surface area contributed by atoms with Gasteiger partial charge < -0.3 is 15.4 Å². The van der Waals surface area contributed by atoms with Crippen LogP contribution < -0.4 is 15.4 Å². The first kappa shape index (κ1) is 18.5. The highest BCUT2D eigenvalue weighted by molar-refractivity contribution is 5.97. The lowest BCUT2D eigenvalue weighted by Gasteiger charge is -2.21. The number of anilines is 2. The second kappa shape index (κ2) is 8.41. The summed E-state index contributed by atoms with van der Waals surface area (Å²) in [6.45, 7) is 4.14. The van der Waals surface area contributed by atoms with E-state index in [1.807, 2.05) is 54.6 Å². The Bertz CT molecular complexity index is 923. The number of hydrogen-bond donors (Lipinski definition) is 2. The number of ether oxygens (including phenoxy) is 1. The number of carbonyl (C=O) groups is 1. The number of rotatable bonds is 6. The van der Waals surface area contributed by atoms with E-state index in [0.717, 1.165) is 11.3 Å². The zero-order valence-corrected chi connectivity index (χ0v) is 15.8. The van der Waals surface area contributed by atoms with Gasteiger partial charge in [-0.3, -0.25) is 4.79 Å². The van der Waals surface area contributed by atoms with E-state index in [4.69, 9.17) is 4.74 Å². The van der Waals surface area contributed by atoms with Crippen molar-refractivity contribution in [3.63, 3.8) is 0 Å². The lowest BCUT2D eigenvalue weighted by atomic mass is 10.0. The minimum atomic E-state index is -0.514. The highest BCUT2D eigenvalue weighted by Gasteiger charge is 2.21. The molecule has 138 valence electrons. The van der Waals surface area contributed by atoms with E-state index in [1.54, 1.807) is 13.2 Å². The van der Waals surface area contributed by atoms with E-state index in [0.29, 0.717) is 11.4 Å². The van der Waals surface area contributed by atoms with Crippen LogP contribution in [0.15, 0.2) is 72.8 Å². The van der Waals surface area contributed by atoms with Crippen LogP contribution in [0.3, 0.4) is 0 Å². The molecule has 3 rings (SSSR count). The van der Waals surface area contributed by atoms with Crippen LogP contribution in [0.2, 0.25) is 0 Å². The molecule has 0 aliphatic carbocycles. The maximum absolute atomic E-state index is 13.1. The SMILES string of the molecule is COc1cccc(NC(=O)[C@@H](Nc2ccc(C)c(C)c2)c2ccccc2)c1. The molecule has 0 heterocycles. The van der Waals surface area contributed by atoms with Gasteiger partial charge in [0.25, 0.3) is 5.91 Å². The monoisotopic (exact) mass is 360 g/mol. The van der Waals surface area contributed by atoms with Crippen LogP contribution in [0, 0.1) is 13.8 Å². The lowest BCUT2D eigenvalue weighted by molar-refractivity contribution is -0.117. The Morgan fingerprint density at radius 3 is 2.33 bits per heavy atom. The van der Waals surface area contributed by atoms with Gasteiger partial charge in [0.1, 0.15) is 11.8 Å². The summed E-state index contributed by atoms with van der Waals surface area (Å²) in [7, 11) is 1.61. The molecule has 0 saturated carbocycles. The quantitative estimate of drug-likeness (QED) is 0.643. The van der Waals surface area contributed by atoms with Crippen LogP contribution >= 0.6 is 0 Å². The zero-order chi connectivity index (χ0) is 19.2. The predicted molar refractivity (Wildman–Crippen MR) is 110 cm³/mol. The Balaban J connectivity index is 1.87. The summed E-state index contributed by atoms with van der Waals surface area (Å²) in [5.74, 6) is 0.568. The molecule has 0 aromatic heterocycles. The summed E-state index contributed by atoms with van der Waals surface area (Å²) in [6, 6.07) is 22.6. The fourth-order valence-electron chi connectivity index (χ4n) is 2.86. The molecule has 3 aromatic rings. The maximum Gasteiger partial charge on any atom is 0.251 e. The second-order valence-corrected chi connectivity index (χ2v) is 6.51. The first-order valence-corrected chi connectivity index (χ1v) is 8.90. The van der Waals surface area contributed by atoms with Crippen LogP contribution in [-0.4, -0.2) is 13.0 Å². The molecular formula is C23H24N2O2. The molecule has 0 fully saturated rings. The van der Waals surface area contributed by atoms with Crippen molar-refractivity contribution in [1.29, 1.82) is 0 Å². The Kier molecular flexibility index (Phi) is 5.77. The minimum absolute atomic E-state index is 0.132. The summed E-state index contributed by atoms with van der Waals surface area (Å²) in [5.41, 5.74) is 4.91. The van der Waals surface area contributed by atoms with Crippen LogP contribution in [0.1, 0.15) is 22.7 Å². The van der Waals surface area contributed by atoms with E-state index in [2.05, 4.69) is 36.6 Å². The van der Waals surface area contributed by atoms with Gasteiger partial charge in [0.2, 0.25) is 0 Å². The van der Waals surface area contributed by atoms with Gasteiger partial charge in [-0.2, -0.15) is 0 Å². The third kappa shape index (κ3) is 4.67. The molecular weight excluding hydrogens is 336 g/mol. The van der Waals surface area contributed by atoms with E-state index in [9.17, 15) is 4.79 Å². The second-order valence-electron chi connectivity index (χ2n) is 6.51. The molecule has 0 aliphatic heterocycles. The number of nitrogens with one attached hydrogen (secondary N) is 2. The first-order valence-electron chi connectivity index (χ1n) is 8.90. The van der Waals surface area contributed by atoms with Crippen molar-refractivity contribution in [3.8, 4) is 5.75 Å². The van der Waals surface area contributed by atoms with Crippen molar-refractivity contribution < 1.29 is 9.53 Å². The predicted octanol–water partition coefficient (Wildman–Crippen LogP) is 5.10. The van der Waals surface area contributed by atoms with Gasteiger partial charge in [0, 0.05) is 17.4 Å². The third-order valence-corrected chi connectivity index (χ3v) is 4.55.